The van der Waals surface area contributed by atoms with Gasteiger partial charge in [0, 0.05) is 18.5 Å². The highest BCUT2D eigenvalue weighted by atomic mass is 32.1. The number of nitrogens with one attached hydrogen (secondary N) is 2. The number of fused-ring (bicyclic) bond motifs is 1. The van der Waals surface area contributed by atoms with Crippen molar-refractivity contribution in [3.63, 3.8) is 0 Å². The Morgan fingerprint density at radius 1 is 1.07 bits per heavy atom. The summed E-state index contributed by atoms with van der Waals surface area (Å²) >= 11 is 1.70. The van der Waals surface area contributed by atoms with Crippen LogP contribution >= 0.6 is 11.3 Å². The average Bonchev–Trinajstić information content (AvgIpc) is 3.43. The Bertz CT molecular complexity index is 1350. The maximum absolute atomic E-state index is 8.81. The van der Waals surface area contributed by atoms with E-state index in [2.05, 4.69) is 87.9 Å². The van der Waals surface area contributed by atoms with Crippen molar-refractivity contribution in [1.82, 2.24) is 10.3 Å². The fraction of sp³-hybridized carbons (Fsp3) is 0.568. The van der Waals surface area contributed by atoms with E-state index in [4.69, 9.17) is 19.3 Å². The van der Waals surface area contributed by atoms with E-state index in [1.807, 2.05) is 7.05 Å². The minimum atomic E-state index is 0.193. The van der Waals surface area contributed by atoms with Gasteiger partial charge in [-0.15, -0.1) is 11.3 Å². The topological polar surface area (TPSA) is 72.5 Å². The third kappa shape index (κ3) is 9.55. The first kappa shape index (κ1) is 35.6. The zero-order valence-electron chi connectivity index (χ0n) is 28.6. The Morgan fingerprint density at radius 3 is 2.48 bits per heavy atom. The molecule has 0 radical (unpaired) electrons. The van der Waals surface area contributed by atoms with Crippen LogP contribution in [0.1, 0.15) is 108 Å². The maximum atomic E-state index is 8.81. The lowest BCUT2D eigenvalue weighted by Gasteiger charge is -2.42. The van der Waals surface area contributed by atoms with Crippen LogP contribution in [-0.4, -0.2) is 32.0 Å². The summed E-state index contributed by atoms with van der Waals surface area (Å²) in [5.41, 5.74) is 7.01. The van der Waals surface area contributed by atoms with Crippen LogP contribution in [0.5, 0.6) is 17.2 Å². The Balaban J connectivity index is 0.00000169. The number of carbonyl (C=O) groups is 1. The van der Waals surface area contributed by atoms with Gasteiger partial charge < -0.3 is 24.9 Å². The van der Waals surface area contributed by atoms with Crippen molar-refractivity contribution < 1.29 is 14.3 Å². The van der Waals surface area contributed by atoms with Crippen LogP contribution in [0.15, 0.2) is 35.7 Å². The summed E-state index contributed by atoms with van der Waals surface area (Å²) < 4.78 is 12.1. The number of anilines is 1. The van der Waals surface area contributed by atoms with E-state index in [1.54, 1.807) is 18.4 Å². The van der Waals surface area contributed by atoms with Crippen molar-refractivity contribution in [3.05, 3.63) is 63.7 Å². The quantitative estimate of drug-likeness (QED) is 0.138. The molecule has 2 heterocycles. The van der Waals surface area contributed by atoms with Crippen molar-refractivity contribution in [2.45, 2.75) is 106 Å². The lowest BCUT2D eigenvalue weighted by Crippen LogP contribution is -2.34. The van der Waals surface area contributed by atoms with Crippen molar-refractivity contribution in [3.8, 4) is 17.2 Å². The molecule has 0 aliphatic carbocycles. The number of methoxy groups -OCH3 is 1. The number of aldehydes is 1. The minimum absolute atomic E-state index is 0.193. The molecule has 242 valence electrons. The summed E-state index contributed by atoms with van der Waals surface area (Å²) in [5.74, 6) is 2.48. The summed E-state index contributed by atoms with van der Waals surface area (Å²) in [6, 6.07) is 11.1. The van der Waals surface area contributed by atoms with E-state index in [0.717, 1.165) is 54.5 Å². The highest BCUT2D eigenvalue weighted by Crippen LogP contribution is 2.45. The predicted molar refractivity (Wildman–Crippen MR) is 186 cm³/mol. The van der Waals surface area contributed by atoms with Gasteiger partial charge in [0.15, 0.2) is 16.6 Å². The Labute approximate surface area is 270 Å². The van der Waals surface area contributed by atoms with Crippen molar-refractivity contribution in [2.75, 3.05) is 26.0 Å². The molecule has 1 unspecified atom stereocenters. The number of hydrogen-bond donors (Lipinski definition) is 2. The molecule has 1 aliphatic heterocycles. The van der Waals surface area contributed by atoms with Crippen molar-refractivity contribution in [1.29, 1.82) is 0 Å². The van der Waals surface area contributed by atoms with Crippen LogP contribution in [0.3, 0.4) is 0 Å². The number of unbranched alkanes of at least 4 members (excludes halogenated alkanes) is 3. The summed E-state index contributed by atoms with van der Waals surface area (Å²) in [6.45, 7) is 16.5. The lowest BCUT2D eigenvalue weighted by molar-refractivity contribution is -0.106. The molecule has 7 heteroatoms. The van der Waals surface area contributed by atoms with Crippen LogP contribution in [-0.2, 0) is 24.1 Å². The second-order valence-electron chi connectivity index (χ2n) is 13.3. The fourth-order valence-corrected chi connectivity index (χ4v) is 6.56. The molecule has 0 spiro atoms. The summed E-state index contributed by atoms with van der Waals surface area (Å²) in [5, 5.41) is 9.92. The van der Waals surface area contributed by atoms with Crippen LogP contribution in [0.2, 0.25) is 0 Å². The van der Waals surface area contributed by atoms with Gasteiger partial charge in [-0.25, -0.2) is 4.98 Å². The van der Waals surface area contributed by atoms with Gasteiger partial charge in [0.25, 0.3) is 0 Å². The molecule has 1 atom stereocenters. The number of carbonyl (C=O) groups excluding carboxylic acids is 1. The van der Waals surface area contributed by atoms with Gasteiger partial charge in [-0.1, -0.05) is 53.0 Å². The first-order valence-corrected chi connectivity index (χ1v) is 17.1. The van der Waals surface area contributed by atoms with E-state index >= 15 is 0 Å². The monoisotopic (exact) mass is 621 g/mol. The van der Waals surface area contributed by atoms with Gasteiger partial charge >= 0.3 is 0 Å². The van der Waals surface area contributed by atoms with E-state index < -0.39 is 0 Å². The van der Waals surface area contributed by atoms with Gasteiger partial charge in [0.2, 0.25) is 0 Å². The van der Waals surface area contributed by atoms with E-state index in [1.165, 1.54) is 67.0 Å². The molecule has 4 rings (SSSR count). The van der Waals surface area contributed by atoms with E-state index in [0.29, 0.717) is 6.04 Å². The van der Waals surface area contributed by atoms with Gasteiger partial charge in [0.05, 0.1) is 12.8 Å². The summed E-state index contributed by atoms with van der Waals surface area (Å²) in [4.78, 5) is 13.5. The number of hydrogen-bond acceptors (Lipinski definition) is 7. The van der Waals surface area contributed by atoms with Crippen LogP contribution < -0.4 is 20.1 Å². The first-order valence-electron chi connectivity index (χ1n) is 16.2. The van der Waals surface area contributed by atoms with Crippen LogP contribution in [0, 0.1) is 17.8 Å². The fourth-order valence-electron chi connectivity index (χ4n) is 5.89. The third-order valence-electron chi connectivity index (χ3n) is 9.50. The Hall–Kier alpha value is -2.90. The zero-order chi connectivity index (χ0) is 32.3. The molecular formula is C37H55N3O3S. The van der Waals surface area contributed by atoms with Crippen LogP contribution in [0.25, 0.3) is 0 Å². The number of nitrogens with zero attached hydrogens (tertiary/aromatic N) is 1. The molecule has 0 saturated carbocycles. The SMILES string of the molecule is CC=O.CNc1nc(CC(C)(C)C(C)(C)CCCCCCc2cc(Oc3cc4c(cc3OC)CCNC4C)ccc2C)cs1. The van der Waals surface area contributed by atoms with Gasteiger partial charge in [0.1, 0.15) is 12.0 Å². The first-order chi connectivity index (χ1) is 20.9. The average molecular weight is 622 g/mol. The smallest absolute Gasteiger partial charge is 0.182 e. The largest absolute Gasteiger partial charge is 0.493 e. The summed E-state index contributed by atoms with van der Waals surface area (Å²) in [6.07, 6.45) is 10.1. The predicted octanol–water partition coefficient (Wildman–Crippen LogP) is 9.49. The third-order valence-corrected chi connectivity index (χ3v) is 10.4. The molecule has 2 aromatic carbocycles. The molecule has 44 heavy (non-hydrogen) atoms. The van der Waals surface area contributed by atoms with Crippen molar-refractivity contribution in [2.24, 2.45) is 10.8 Å². The Morgan fingerprint density at radius 2 is 1.80 bits per heavy atom. The minimum Gasteiger partial charge on any atom is -0.493 e. The summed E-state index contributed by atoms with van der Waals surface area (Å²) in [7, 11) is 3.66. The Kier molecular flexibility index (Phi) is 13.3. The maximum Gasteiger partial charge on any atom is 0.182 e. The van der Waals surface area contributed by atoms with E-state index in [9.17, 15) is 0 Å². The second-order valence-corrected chi connectivity index (χ2v) is 14.2. The van der Waals surface area contributed by atoms with Gasteiger partial charge in [-0.3, -0.25) is 0 Å². The molecule has 1 aliphatic rings. The molecule has 3 aromatic rings. The molecule has 1 aromatic heterocycles. The molecule has 2 N–H and O–H groups in total. The number of aromatic nitrogens is 1. The highest BCUT2D eigenvalue weighted by molar-refractivity contribution is 7.13. The molecule has 0 fully saturated rings. The lowest BCUT2D eigenvalue weighted by atomic mass is 9.63. The van der Waals surface area contributed by atoms with Gasteiger partial charge in [-0.2, -0.15) is 0 Å². The van der Waals surface area contributed by atoms with Crippen molar-refractivity contribution >= 4 is 22.8 Å². The number of benzene rings is 2. The molecule has 6 nitrogen and oxygen atoms in total. The molecule has 0 bridgehead atoms. The second kappa shape index (κ2) is 16.4. The zero-order valence-corrected chi connectivity index (χ0v) is 29.4. The van der Waals surface area contributed by atoms with Gasteiger partial charge in [-0.05, 0) is 117 Å². The highest BCUT2D eigenvalue weighted by Gasteiger charge is 2.37. The van der Waals surface area contributed by atoms with Crippen LogP contribution in [0.4, 0.5) is 5.13 Å². The number of rotatable bonds is 14. The standard InChI is InChI=1S/C35H51N3O2S.C2H4O/c1-24-14-15-29(40-32-21-30-25(2)37-18-16-27(30)20-31(32)39-8)19-26(24)13-11-9-10-12-17-34(3,4)35(5,6)22-28-23-41-33(36-7)38-28;1-2-3/h14-15,19-21,23,25,37H,9-13,16-18,22H2,1-8H3,(H,36,38);2H,1H3. The number of thiazole rings is 1. The molecule has 0 saturated heterocycles. The molecular weight excluding hydrogens is 566 g/mol. The van der Waals surface area contributed by atoms with E-state index in [-0.39, 0.29) is 10.8 Å². The number of aryl methyl sites for hydroxylation is 2. The normalized spacial score (nSPS) is 14.7. The molecule has 0 amide bonds. The number of ether oxygens (including phenoxy) is 2.